The van der Waals surface area contributed by atoms with Crippen LogP contribution >= 0.6 is 0 Å². The third-order valence-corrected chi connectivity index (χ3v) is 14.2. The summed E-state index contributed by atoms with van der Waals surface area (Å²) in [6, 6.07) is 71.5. The predicted molar refractivity (Wildman–Crippen MR) is 288 cm³/mol. The number of aromatic nitrogens is 4. The van der Waals surface area contributed by atoms with Gasteiger partial charge in [-0.1, -0.05) is 121 Å². The first-order chi connectivity index (χ1) is 34.6. The Labute approximate surface area is 425 Å². The van der Waals surface area contributed by atoms with Gasteiger partial charge in [0.15, 0.2) is 0 Å². The molecule has 8 aromatic carbocycles. The van der Waals surface area contributed by atoms with Crippen LogP contribution in [0.2, 0.25) is 0 Å². The minimum absolute atomic E-state index is 0. The van der Waals surface area contributed by atoms with E-state index < -0.39 is 0 Å². The Morgan fingerprint density at radius 2 is 1.00 bits per heavy atom. The van der Waals surface area contributed by atoms with Crippen molar-refractivity contribution in [3.05, 3.63) is 242 Å². The van der Waals surface area contributed by atoms with E-state index >= 15 is 0 Å². The van der Waals surface area contributed by atoms with Gasteiger partial charge in [0.2, 0.25) is 0 Å². The van der Waals surface area contributed by atoms with Gasteiger partial charge < -0.3 is 28.2 Å². The Morgan fingerprint density at radius 1 is 0.507 bits per heavy atom. The van der Waals surface area contributed by atoms with E-state index in [1.54, 1.807) is 0 Å². The standard InChI is InChI=1S/C63H43N6O.Pt/c1-41-36-62(69-56-29-12-7-24-49(56)50-35-34-44(38-61(50)69)70-43-19-17-18-42(37-43)66-40-65(2)57-30-13-14-31-58(57)66)64-39-51(41)63-59(67-52-25-8-3-20-45(52)46-21-4-9-26-53(46)67)32-15-16-33-60(63)68-54-27-10-5-22-47(54)48-23-6-11-28-55(48)68;/h3-36,39-40,63H,1-2H3;/q-3;. The Kier molecular flexibility index (Phi) is 10.2. The largest absolute Gasteiger partial charge is 0.509 e. The number of allylic oxidation sites excluding steroid dienone is 6. The zero-order valence-electron chi connectivity index (χ0n) is 38.8. The van der Waals surface area contributed by atoms with Crippen molar-refractivity contribution < 1.29 is 25.8 Å². The van der Waals surface area contributed by atoms with Gasteiger partial charge in [-0.25, -0.2) is 4.98 Å². The van der Waals surface area contributed by atoms with E-state index in [1.807, 2.05) is 18.2 Å². The molecule has 1 aliphatic heterocycles. The average molecular weight is 1100 g/mol. The number of hydrogen-bond acceptors (Lipinski definition) is 4. The van der Waals surface area contributed by atoms with Crippen LogP contribution in [0.4, 0.5) is 17.1 Å². The van der Waals surface area contributed by atoms with Crippen LogP contribution in [-0.4, -0.2) is 25.7 Å². The number of ether oxygens (including phenoxy) is 1. The molecule has 7 nitrogen and oxygen atoms in total. The second-order valence-electron chi connectivity index (χ2n) is 18.2. The van der Waals surface area contributed by atoms with Crippen LogP contribution in [0.25, 0.3) is 82.6 Å². The Bertz CT molecular complexity index is 3970. The molecule has 8 heteroatoms. The molecule has 0 spiro atoms. The fourth-order valence-electron chi connectivity index (χ4n) is 11.1. The average Bonchev–Trinajstić information content (AvgIpc) is 4.09. The zero-order chi connectivity index (χ0) is 46.5. The number of pyridine rings is 1. The number of rotatable bonds is 7. The fourth-order valence-corrected chi connectivity index (χ4v) is 11.1. The molecule has 0 fully saturated rings. The summed E-state index contributed by atoms with van der Waals surface area (Å²) in [6.07, 6.45) is 11.1. The Hall–Kier alpha value is -8.38. The number of hydrogen-bond donors (Lipinski definition) is 0. The Morgan fingerprint density at radius 3 is 1.56 bits per heavy atom. The zero-order valence-corrected chi connectivity index (χ0v) is 41.0. The Balaban J connectivity index is 0.00000492. The van der Waals surface area contributed by atoms with Crippen LogP contribution in [-0.2, 0) is 21.1 Å². The van der Waals surface area contributed by atoms with E-state index in [1.165, 1.54) is 21.5 Å². The first-order valence-electron chi connectivity index (χ1n) is 23.7. The van der Waals surface area contributed by atoms with Crippen LogP contribution in [0.15, 0.2) is 212 Å². The van der Waals surface area contributed by atoms with Crippen LogP contribution < -0.4 is 14.5 Å². The normalized spacial score (nSPS) is 13.9. The van der Waals surface area contributed by atoms with Gasteiger partial charge in [0.1, 0.15) is 5.82 Å². The number of fused-ring (bicyclic) bond motifs is 10. The maximum Gasteiger partial charge on any atom is 0.135 e. The molecule has 0 amide bonds. The molecule has 4 aromatic heterocycles. The summed E-state index contributed by atoms with van der Waals surface area (Å²) in [4.78, 5) is 9.71. The number of aryl methyl sites for hydroxylation is 1. The first-order valence-corrected chi connectivity index (χ1v) is 23.7. The summed E-state index contributed by atoms with van der Waals surface area (Å²) in [6.45, 7) is 4.31. The van der Waals surface area contributed by atoms with E-state index in [9.17, 15) is 0 Å². The quantitative estimate of drug-likeness (QED) is 0.149. The SMILES string of the molecule is Cc1cc(-n2c3[c-]c(Oc4[c-]c(N5[CH-]N(C)c6ccccc65)ccc4)ccc3c3ccccc32)ncc1C1C(n2c3ccccc3c3ccccc32)=CC=CC=C1n1c2ccccc2c2ccccc21.[Pt]. The molecule has 1 aliphatic carbocycles. The maximum atomic E-state index is 6.62. The molecule has 0 radical (unpaired) electrons. The van der Waals surface area contributed by atoms with E-state index in [4.69, 9.17) is 9.72 Å². The first kappa shape index (κ1) is 42.7. The molecule has 0 N–H and O–H groups in total. The minimum Gasteiger partial charge on any atom is -0.509 e. The molecular formula is C63H43N6OPt-3. The van der Waals surface area contributed by atoms with Crippen molar-refractivity contribution in [1.29, 1.82) is 0 Å². The number of nitrogens with zero attached hydrogens (tertiary/aromatic N) is 6. The van der Waals surface area contributed by atoms with Gasteiger partial charge in [0.05, 0.1) is 28.0 Å². The van der Waals surface area contributed by atoms with E-state index in [0.29, 0.717) is 11.5 Å². The van der Waals surface area contributed by atoms with Crippen molar-refractivity contribution in [3.8, 4) is 17.3 Å². The van der Waals surface area contributed by atoms with E-state index in [0.717, 1.165) is 89.3 Å². The van der Waals surface area contributed by atoms with Gasteiger partial charge in [0, 0.05) is 88.6 Å². The summed E-state index contributed by atoms with van der Waals surface area (Å²) in [5.41, 5.74) is 14.2. The summed E-state index contributed by atoms with van der Waals surface area (Å²) in [5.74, 6) is 1.76. The van der Waals surface area contributed by atoms with Gasteiger partial charge in [-0.15, -0.1) is 41.4 Å². The van der Waals surface area contributed by atoms with Gasteiger partial charge in [0.25, 0.3) is 0 Å². The van der Waals surface area contributed by atoms with Crippen LogP contribution in [0.5, 0.6) is 11.5 Å². The maximum absolute atomic E-state index is 6.62. The van der Waals surface area contributed by atoms with Crippen LogP contribution in [0.3, 0.4) is 0 Å². The molecule has 0 saturated carbocycles. The van der Waals surface area contributed by atoms with Gasteiger partial charge in [-0.05, 0) is 91.2 Å². The van der Waals surface area contributed by atoms with Crippen molar-refractivity contribution in [1.82, 2.24) is 18.7 Å². The molecular weight excluding hydrogens is 1050 g/mol. The molecule has 71 heavy (non-hydrogen) atoms. The second kappa shape index (κ2) is 16.9. The van der Waals surface area contributed by atoms with Crippen LogP contribution in [0.1, 0.15) is 17.0 Å². The number of benzene rings is 8. The minimum atomic E-state index is -0.237. The van der Waals surface area contributed by atoms with E-state index in [2.05, 4.69) is 251 Å². The summed E-state index contributed by atoms with van der Waals surface area (Å²) in [5, 5.41) is 7.07. The van der Waals surface area contributed by atoms with Crippen LogP contribution in [0, 0.1) is 25.7 Å². The second-order valence-corrected chi connectivity index (χ2v) is 18.2. The topological polar surface area (TPSA) is 43.4 Å². The third kappa shape index (κ3) is 6.71. The van der Waals surface area contributed by atoms with Gasteiger partial charge in [-0.3, -0.25) is 0 Å². The van der Waals surface area contributed by atoms with E-state index in [-0.39, 0.29) is 27.0 Å². The van der Waals surface area contributed by atoms with Gasteiger partial charge in [-0.2, -0.15) is 18.8 Å². The van der Waals surface area contributed by atoms with Crippen molar-refractivity contribution in [2.45, 2.75) is 12.8 Å². The predicted octanol–water partition coefficient (Wildman–Crippen LogP) is 15.5. The molecule has 5 heterocycles. The molecule has 12 aromatic rings. The monoisotopic (exact) mass is 1090 g/mol. The molecule has 0 atom stereocenters. The molecule has 0 saturated heterocycles. The summed E-state index contributed by atoms with van der Waals surface area (Å²) < 4.78 is 13.8. The molecule has 2 aliphatic rings. The number of anilines is 3. The fraction of sp³-hybridized carbons (Fsp3) is 0.0476. The third-order valence-electron chi connectivity index (χ3n) is 14.2. The molecule has 0 bridgehead atoms. The van der Waals surface area contributed by atoms with Crippen molar-refractivity contribution in [2.24, 2.45) is 0 Å². The number of para-hydroxylation sites is 7. The van der Waals surface area contributed by atoms with Gasteiger partial charge >= 0.3 is 0 Å². The smallest absolute Gasteiger partial charge is 0.135 e. The summed E-state index contributed by atoms with van der Waals surface area (Å²) in [7, 11) is 2.06. The van der Waals surface area contributed by atoms with Crippen molar-refractivity contribution in [2.75, 3.05) is 16.8 Å². The molecule has 0 unspecified atom stereocenters. The molecule has 344 valence electrons. The summed E-state index contributed by atoms with van der Waals surface area (Å²) >= 11 is 0. The van der Waals surface area contributed by atoms with Crippen molar-refractivity contribution >= 4 is 93.9 Å². The molecule has 14 rings (SSSR count). The van der Waals surface area contributed by atoms with Crippen molar-refractivity contribution in [3.63, 3.8) is 0 Å².